The van der Waals surface area contributed by atoms with Crippen LogP contribution >= 0.6 is 0 Å². The third-order valence-electron chi connectivity index (χ3n) is 6.23. The second kappa shape index (κ2) is 11.7. The highest BCUT2D eigenvalue weighted by atomic mass is 28.4. The minimum atomic E-state index is -2.12. The van der Waals surface area contributed by atoms with E-state index in [0.717, 1.165) is 22.4 Å². The number of hydrogen-bond donors (Lipinski definition) is 0. The minimum Gasteiger partial charge on any atom is -0.547 e. The summed E-state index contributed by atoms with van der Waals surface area (Å²) in [5, 5.41) is 0. The number of benzene rings is 4. The first-order chi connectivity index (χ1) is 18.1. The average Bonchev–Trinajstić information content (AvgIpc) is 2.89. The van der Waals surface area contributed by atoms with Gasteiger partial charge in [-0.3, -0.25) is 0 Å². The van der Waals surface area contributed by atoms with E-state index >= 15 is 0 Å². The topological polar surface area (TPSA) is 18.5 Å². The van der Waals surface area contributed by atoms with Crippen LogP contribution in [0.1, 0.15) is 28.2 Å². The first kappa shape index (κ1) is 27.8. The molecule has 2 nitrogen and oxygen atoms in total. The molecule has 0 spiro atoms. The molecule has 0 aliphatic carbocycles. The van der Waals surface area contributed by atoms with Crippen LogP contribution in [0.15, 0.2) is 127 Å². The van der Waals surface area contributed by atoms with Gasteiger partial charge in [0.25, 0.3) is 0 Å². The third-order valence-corrected chi connectivity index (χ3v) is 8.01. The number of rotatable bonds is 10. The van der Waals surface area contributed by atoms with Gasteiger partial charge in [-0.1, -0.05) is 121 Å². The fraction of sp³-hybridized carbons (Fsp3) is 0.235. The molecule has 0 bridgehead atoms. The molecule has 0 radical (unpaired) electrons. The van der Waals surface area contributed by atoms with Crippen molar-refractivity contribution in [2.75, 3.05) is 0 Å². The lowest BCUT2D eigenvalue weighted by Crippen LogP contribution is -2.47. The van der Waals surface area contributed by atoms with Gasteiger partial charge in [-0.25, -0.2) is 0 Å². The van der Waals surface area contributed by atoms with Crippen LogP contribution < -0.4 is 0 Å². The summed E-state index contributed by atoms with van der Waals surface area (Å²) < 4.78 is 14.5. The fourth-order valence-electron chi connectivity index (χ4n) is 5.01. The van der Waals surface area contributed by atoms with Crippen LogP contribution in [0.25, 0.3) is 6.08 Å². The molecule has 0 aliphatic rings. The van der Waals surface area contributed by atoms with Crippen molar-refractivity contribution in [2.45, 2.75) is 50.8 Å². The SMILES string of the molecule is C[Si](C)(C)O/C(=C\c1ccccc1)C(c1ccccc1)C(O[Si](C)(C)C)(c1ccccc1)c1ccccc1. The van der Waals surface area contributed by atoms with Crippen LogP contribution in [0.3, 0.4) is 0 Å². The third kappa shape index (κ3) is 6.81. The van der Waals surface area contributed by atoms with Gasteiger partial charge in [0, 0.05) is 0 Å². The Balaban J connectivity index is 2.14. The van der Waals surface area contributed by atoms with E-state index in [4.69, 9.17) is 8.85 Å². The Kier molecular flexibility index (Phi) is 8.56. The largest absolute Gasteiger partial charge is 0.547 e. The van der Waals surface area contributed by atoms with E-state index in [9.17, 15) is 0 Å². The van der Waals surface area contributed by atoms with Crippen LogP contribution in [-0.2, 0) is 14.5 Å². The molecule has 0 saturated heterocycles. The van der Waals surface area contributed by atoms with Gasteiger partial charge in [0.2, 0.25) is 8.32 Å². The van der Waals surface area contributed by atoms with Gasteiger partial charge in [-0.2, -0.15) is 0 Å². The lowest BCUT2D eigenvalue weighted by atomic mass is 9.71. The van der Waals surface area contributed by atoms with Crippen molar-refractivity contribution in [2.24, 2.45) is 0 Å². The summed E-state index contributed by atoms with van der Waals surface area (Å²) in [6.45, 7) is 13.6. The Morgan fingerprint density at radius 2 is 1.00 bits per heavy atom. The summed E-state index contributed by atoms with van der Waals surface area (Å²) in [6, 6.07) is 42.7. The zero-order valence-corrected chi connectivity index (χ0v) is 25.5. The molecule has 4 heteroatoms. The fourth-order valence-corrected chi connectivity index (χ4v) is 7.22. The molecule has 1 atom stereocenters. The van der Waals surface area contributed by atoms with Crippen molar-refractivity contribution < 1.29 is 8.85 Å². The highest BCUT2D eigenvalue weighted by molar-refractivity contribution is 6.70. The van der Waals surface area contributed by atoms with Crippen LogP contribution in [0.2, 0.25) is 39.3 Å². The van der Waals surface area contributed by atoms with Gasteiger partial charge in [0.05, 0.1) is 11.7 Å². The maximum Gasteiger partial charge on any atom is 0.241 e. The van der Waals surface area contributed by atoms with Crippen molar-refractivity contribution in [1.82, 2.24) is 0 Å². The van der Waals surface area contributed by atoms with E-state index in [2.05, 4.69) is 167 Å². The molecule has 0 heterocycles. The highest BCUT2D eigenvalue weighted by Crippen LogP contribution is 2.51. The maximum atomic E-state index is 7.48. The average molecular weight is 537 g/mol. The molecular weight excluding hydrogens is 497 g/mol. The molecule has 4 aromatic rings. The molecule has 0 saturated carbocycles. The predicted molar refractivity (Wildman–Crippen MR) is 166 cm³/mol. The molecule has 0 fully saturated rings. The summed E-state index contributed by atoms with van der Waals surface area (Å²) in [7, 11) is -4.14. The van der Waals surface area contributed by atoms with Crippen LogP contribution in [0, 0.1) is 0 Å². The molecule has 0 amide bonds. The van der Waals surface area contributed by atoms with Crippen molar-refractivity contribution in [3.8, 4) is 0 Å². The molecule has 1 unspecified atom stereocenters. The summed E-state index contributed by atoms with van der Waals surface area (Å²) in [5.74, 6) is 0.722. The zero-order valence-electron chi connectivity index (χ0n) is 23.5. The van der Waals surface area contributed by atoms with Gasteiger partial charge in [0.1, 0.15) is 5.60 Å². The monoisotopic (exact) mass is 536 g/mol. The lowest BCUT2D eigenvalue weighted by molar-refractivity contribution is 0.0688. The lowest BCUT2D eigenvalue weighted by Gasteiger charge is -2.47. The quantitative estimate of drug-likeness (QED) is 0.148. The van der Waals surface area contributed by atoms with Gasteiger partial charge < -0.3 is 8.85 Å². The Labute approximate surface area is 231 Å². The molecular formula is C34H40O2Si2. The van der Waals surface area contributed by atoms with Gasteiger partial charge in [0.15, 0.2) is 8.32 Å². The second-order valence-corrected chi connectivity index (χ2v) is 20.6. The Morgan fingerprint density at radius 1 is 0.579 bits per heavy atom. The van der Waals surface area contributed by atoms with Gasteiger partial charge in [-0.15, -0.1) is 0 Å². The molecule has 0 N–H and O–H groups in total. The zero-order chi connectivity index (χ0) is 27.2. The summed E-state index contributed by atoms with van der Waals surface area (Å²) in [6.07, 6.45) is 2.23. The van der Waals surface area contributed by atoms with Crippen molar-refractivity contribution in [3.05, 3.63) is 149 Å². The Bertz CT molecular complexity index is 1270. The van der Waals surface area contributed by atoms with Crippen LogP contribution in [0.4, 0.5) is 0 Å². The summed E-state index contributed by atoms with van der Waals surface area (Å²) in [4.78, 5) is 0. The van der Waals surface area contributed by atoms with E-state index in [0.29, 0.717) is 0 Å². The Morgan fingerprint density at radius 3 is 1.42 bits per heavy atom. The highest BCUT2D eigenvalue weighted by Gasteiger charge is 2.49. The van der Waals surface area contributed by atoms with Crippen molar-refractivity contribution >= 4 is 22.7 Å². The standard InChI is InChI=1S/C34H40O2Si2/c1-37(2,3)35-32(27-28-19-11-7-12-20-28)33(29-21-13-8-14-22-29)34(36-38(4,5)6,30-23-15-9-16-24-30)31-25-17-10-18-26-31/h7-27,33H,1-6H3/b32-27-. The van der Waals surface area contributed by atoms with Crippen LogP contribution in [0.5, 0.6) is 0 Å². The first-order valence-electron chi connectivity index (χ1n) is 13.4. The van der Waals surface area contributed by atoms with Gasteiger partial charge in [-0.05, 0) is 67.6 Å². The van der Waals surface area contributed by atoms with E-state index in [1.807, 2.05) is 0 Å². The van der Waals surface area contributed by atoms with Gasteiger partial charge >= 0.3 is 0 Å². The number of hydrogen-bond acceptors (Lipinski definition) is 2. The normalized spacial score (nSPS) is 13.7. The van der Waals surface area contributed by atoms with E-state index < -0.39 is 22.2 Å². The van der Waals surface area contributed by atoms with E-state index in [-0.39, 0.29) is 5.92 Å². The molecule has 196 valence electrons. The minimum absolute atomic E-state index is 0.216. The predicted octanol–water partition coefficient (Wildman–Crippen LogP) is 9.46. The summed E-state index contributed by atoms with van der Waals surface area (Å²) in [5.41, 5.74) is 3.74. The summed E-state index contributed by atoms with van der Waals surface area (Å²) >= 11 is 0. The van der Waals surface area contributed by atoms with Crippen molar-refractivity contribution in [1.29, 1.82) is 0 Å². The van der Waals surface area contributed by atoms with E-state index in [1.165, 1.54) is 5.56 Å². The molecule has 0 aliphatic heterocycles. The molecule has 38 heavy (non-hydrogen) atoms. The first-order valence-corrected chi connectivity index (χ1v) is 20.2. The van der Waals surface area contributed by atoms with E-state index in [1.54, 1.807) is 0 Å². The Hall–Kier alpha value is -3.19. The molecule has 4 aromatic carbocycles. The maximum absolute atomic E-state index is 7.48. The molecule has 0 aromatic heterocycles. The smallest absolute Gasteiger partial charge is 0.241 e. The second-order valence-electron chi connectivity index (χ2n) is 11.7. The van der Waals surface area contributed by atoms with Crippen molar-refractivity contribution in [3.63, 3.8) is 0 Å². The molecule has 4 rings (SSSR count). The van der Waals surface area contributed by atoms with Crippen LogP contribution in [-0.4, -0.2) is 16.6 Å².